The molecule has 3 aromatic heterocycles. The maximum atomic E-state index is 11.5. The van der Waals surface area contributed by atoms with Gasteiger partial charge in [0.05, 0.1) is 34.2 Å². The zero-order valence-electron chi connectivity index (χ0n) is 16.1. The molecular weight excluding hydrogens is 396 g/mol. The van der Waals surface area contributed by atoms with Crippen LogP contribution in [0.25, 0.3) is 32.4 Å². The molecule has 1 aliphatic rings. The number of pyridine rings is 1. The molecule has 1 aliphatic carbocycles. The fourth-order valence-corrected chi connectivity index (χ4v) is 4.78. The number of benzene rings is 1. The summed E-state index contributed by atoms with van der Waals surface area (Å²) >= 11 is 1.46. The zero-order valence-corrected chi connectivity index (χ0v) is 16.9. The van der Waals surface area contributed by atoms with E-state index in [4.69, 9.17) is 11.7 Å². The summed E-state index contributed by atoms with van der Waals surface area (Å²) in [5, 5.41) is 8.35. The molecule has 3 heterocycles. The van der Waals surface area contributed by atoms with Gasteiger partial charge in [-0.15, -0.1) is 0 Å². The van der Waals surface area contributed by atoms with E-state index in [0.717, 1.165) is 51.6 Å². The van der Waals surface area contributed by atoms with Crippen LogP contribution in [-0.2, 0) is 17.6 Å². The minimum atomic E-state index is -0.138. The fraction of sp³-hybridized carbons (Fsp3) is 0.136. The molecule has 0 unspecified atom stereocenters. The Morgan fingerprint density at radius 2 is 2.07 bits per heavy atom. The van der Waals surface area contributed by atoms with E-state index in [1.54, 1.807) is 18.3 Å². The van der Waals surface area contributed by atoms with Crippen molar-refractivity contribution in [1.82, 2.24) is 19.7 Å². The minimum absolute atomic E-state index is 0.138. The molecule has 4 aromatic rings. The number of nitrogens with zero attached hydrogens (tertiary/aromatic N) is 5. The van der Waals surface area contributed by atoms with Gasteiger partial charge in [0.1, 0.15) is 0 Å². The third-order valence-electron chi connectivity index (χ3n) is 4.95. The van der Waals surface area contributed by atoms with Crippen molar-refractivity contribution < 1.29 is 4.79 Å². The fourth-order valence-electron chi connectivity index (χ4n) is 3.66. The Morgan fingerprint density at radius 3 is 2.77 bits per heavy atom. The zero-order chi connectivity index (χ0) is 20.7. The second-order valence-electron chi connectivity index (χ2n) is 6.93. The number of thiazole rings is 1. The second kappa shape index (κ2) is 7.21. The smallest absolute Gasteiger partial charge is 0.223 e. The number of nitrogens with one attached hydrogen (secondary N) is 1. The van der Waals surface area contributed by atoms with Gasteiger partial charge in [0.15, 0.2) is 10.8 Å². The number of carbonyl (C=O) groups is 1. The van der Waals surface area contributed by atoms with Gasteiger partial charge in [-0.25, -0.2) is 14.5 Å². The maximum absolute atomic E-state index is 11.5. The average Bonchev–Trinajstić information content (AvgIpc) is 3.34. The first-order chi connectivity index (χ1) is 14.6. The number of hydrogen-bond acceptors (Lipinski definition) is 5. The summed E-state index contributed by atoms with van der Waals surface area (Å²) in [4.78, 5) is 24.9. The second-order valence-corrected chi connectivity index (χ2v) is 7.93. The summed E-state index contributed by atoms with van der Waals surface area (Å²) in [6, 6.07) is 11.3. The number of aromatic nitrogens is 4. The van der Waals surface area contributed by atoms with E-state index >= 15 is 0 Å². The predicted molar refractivity (Wildman–Crippen MR) is 116 cm³/mol. The lowest BCUT2D eigenvalue weighted by molar-refractivity contribution is -0.114. The number of aryl methyl sites for hydroxylation is 1. The van der Waals surface area contributed by atoms with Crippen molar-refractivity contribution in [3.8, 4) is 27.5 Å². The van der Waals surface area contributed by atoms with Crippen LogP contribution in [0.5, 0.6) is 0 Å². The molecule has 0 saturated carbocycles. The lowest BCUT2D eigenvalue weighted by Crippen LogP contribution is -2.06. The molecule has 1 amide bonds. The SMILES string of the molecule is [C-]#[N+]c1ccc(-n2nc(-c3cccnc3)c3c2-c2sc(NC(C)=O)nc2CC3)cc1. The van der Waals surface area contributed by atoms with Crippen LogP contribution in [0.1, 0.15) is 18.2 Å². The Labute approximate surface area is 176 Å². The van der Waals surface area contributed by atoms with E-state index in [-0.39, 0.29) is 5.91 Å². The number of amides is 1. The monoisotopic (exact) mass is 412 g/mol. The van der Waals surface area contributed by atoms with E-state index < -0.39 is 0 Å². The largest absolute Gasteiger partial charge is 0.302 e. The Bertz CT molecular complexity index is 1300. The van der Waals surface area contributed by atoms with E-state index in [1.807, 2.05) is 35.1 Å². The molecule has 30 heavy (non-hydrogen) atoms. The van der Waals surface area contributed by atoms with Gasteiger partial charge in [-0.05, 0) is 37.1 Å². The van der Waals surface area contributed by atoms with E-state index in [9.17, 15) is 4.79 Å². The van der Waals surface area contributed by atoms with E-state index in [0.29, 0.717) is 10.8 Å². The highest BCUT2D eigenvalue weighted by atomic mass is 32.1. The van der Waals surface area contributed by atoms with Crippen molar-refractivity contribution in [3.63, 3.8) is 0 Å². The molecule has 0 aliphatic heterocycles. The van der Waals surface area contributed by atoms with E-state index in [1.165, 1.54) is 18.3 Å². The van der Waals surface area contributed by atoms with Crippen LogP contribution in [0.4, 0.5) is 10.8 Å². The van der Waals surface area contributed by atoms with Gasteiger partial charge < -0.3 is 5.32 Å². The molecule has 7 nitrogen and oxygen atoms in total. The Hall–Kier alpha value is -3.83. The topological polar surface area (TPSA) is 77.1 Å². The quantitative estimate of drug-likeness (QED) is 0.496. The van der Waals surface area contributed by atoms with Crippen LogP contribution in [0.2, 0.25) is 0 Å². The highest BCUT2D eigenvalue weighted by Gasteiger charge is 2.29. The lowest BCUT2D eigenvalue weighted by atomic mass is 9.95. The molecule has 0 atom stereocenters. The molecule has 1 aromatic carbocycles. The Kier molecular flexibility index (Phi) is 4.38. The van der Waals surface area contributed by atoms with Gasteiger partial charge in [0, 0.05) is 30.4 Å². The van der Waals surface area contributed by atoms with Gasteiger partial charge in [0.25, 0.3) is 0 Å². The summed E-state index contributed by atoms with van der Waals surface area (Å²) in [5.74, 6) is -0.138. The number of rotatable bonds is 3. The Balaban J connectivity index is 1.73. The van der Waals surface area contributed by atoms with Crippen molar-refractivity contribution in [3.05, 3.63) is 71.5 Å². The first kappa shape index (κ1) is 18.2. The normalized spacial score (nSPS) is 12.0. The molecule has 1 N–H and O–H groups in total. The summed E-state index contributed by atoms with van der Waals surface area (Å²) < 4.78 is 1.92. The van der Waals surface area contributed by atoms with Crippen LogP contribution in [0, 0.1) is 6.57 Å². The first-order valence-corrected chi connectivity index (χ1v) is 10.2. The molecule has 0 radical (unpaired) electrons. The van der Waals surface area contributed by atoms with Crippen molar-refractivity contribution in [2.24, 2.45) is 0 Å². The van der Waals surface area contributed by atoms with Crippen LogP contribution in [-0.4, -0.2) is 25.7 Å². The summed E-state index contributed by atoms with van der Waals surface area (Å²) in [7, 11) is 0. The summed E-state index contributed by atoms with van der Waals surface area (Å²) in [6.45, 7) is 8.68. The standard InChI is InChI=1S/C22H16N6OS/c1-13(29)25-22-26-18-10-9-17-19(14-4-3-11-24-12-14)27-28(20(17)21(18)30-22)16-7-5-15(23-2)6-8-16/h3-8,11-12H,9-10H2,1H3,(H,25,26,29). The lowest BCUT2D eigenvalue weighted by Gasteiger charge is -2.14. The molecule has 5 rings (SSSR count). The number of hydrogen-bond donors (Lipinski definition) is 1. The number of fused-ring (bicyclic) bond motifs is 3. The van der Waals surface area contributed by atoms with Crippen LogP contribution < -0.4 is 5.32 Å². The van der Waals surface area contributed by atoms with E-state index in [2.05, 4.69) is 20.1 Å². The van der Waals surface area contributed by atoms with Crippen molar-refractivity contribution >= 4 is 28.1 Å². The van der Waals surface area contributed by atoms with Crippen molar-refractivity contribution in [2.75, 3.05) is 5.32 Å². The van der Waals surface area contributed by atoms with Crippen LogP contribution in [0.3, 0.4) is 0 Å². The minimum Gasteiger partial charge on any atom is -0.302 e. The van der Waals surface area contributed by atoms with Crippen molar-refractivity contribution in [1.29, 1.82) is 0 Å². The van der Waals surface area contributed by atoms with Gasteiger partial charge in [-0.2, -0.15) is 5.10 Å². The number of anilines is 1. The van der Waals surface area contributed by atoms with Crippen LogP contribution >= 0.6 is 11.3 Å². The average molecular weight is 412 g/mol. The van der Waals surface area contributed by atoms with Crippen LogP contribution in [0.15, 0.2) is 48.8 Å². The van der Waals surface area contributed by atoms with Crippen molar-refractivity contribution in [2.45, 2.75) is 19.8 Å². The predicted octanol–water partition coefficient (Wildman–Crippen LogP) is 4.67. The Morgan fingerprint density at radius 1 is 1.23 bits per heavy atom. The van der Waals surface area contributed by atoms with Gasteiger partial charge >= 0.3 is 0 Å². The third kappa shape index (κ3) is 3.06. The molecular formula is C22H16N6OS. The molecule has 0 spiro atoms. The molecule has 8 heteroatoms. The first-order valence-electron chi connectivity index (χ1n) is 9.42. The molecule has 0 bridgehead atoms. The van der Waals surface area contributed by atoms with Gasteiger partial charge in [0.2, 0.25) is 5.91 Å². The molecule has 146 valence electrons. The number of carbonyl (C=O) groups excluding carboxylic acids is 1. The molecule has 0 fully saturated rings. The molecule has 0 saturated heterocycles. The van der Waals surface area contributed by atoms with Gasteiger partial charge in [-0.3, -0.25) is 9.78 Å². The summed E-state index contributed by atoms with van der Waals surface area (Å²) in [5.41, 5.74) is 6.40. The maximum Gasteiger partial charge on any atom is 0.223 e. The third-order valence-corrected chi connectivity index (χ3v) is 5.97. The highest BCUT2D eigenvalue weighted by molar-refractivity contribution is 7.19. The summed E-state index contributed by atoms with van der Waals surface area (Å²) in [6.07, 6.45) is 5.15. The van der Waals surface area contributed by atoms with Gasteiger partial charge in [-0.1, -0.05) is 23.5 Å². The highest BCUT2D eigenvalue weighted by Crippen LogP contribution is 2.44.